The zero-order chi connectivity index (χ0) is 29.4. The van der Waals surface area contributed by atoms with Gasteiger partial charge in [0.05, 0.1) is 0 Å². The molecule has 0 spiro atoms. The molecule has 7 nitrogen and oxygen atoms in total. The van der Waals surface area contributed by atoms with Crippen LogP contribution in [0.1, 0.15) is 62.9 Å². The van der Waals surface area contributed by atoms with Gasteiger partial charge in [0, 0.05) is 18.2 Å². The molecule has 0 aliphatic heterocycles. The molecule has 2 atom stereocenters. The van der Waals surface area contributed by atoms with Crippen molar-refractivity contribution in [2.75, 3.05) is 5.32 Å². The molecule has 0 bridgehead atoms. The van der Waals surface area contributed by atoms with E-state index in [9.17, 15) is 14.4 Å². The van der Waals surface area contributed by atoms with E-state index in [1.807, 2.05) is 107 Å². The molecule has 40 heavy (non-hydrogen) atoms. The minimum Gasteiger partial charge on any atom is -0.444 e. The van der Waals surface area contributed by atoms with Crippen molar-refractivity contribution >= 4 is 23.6 Å². The Bertz CT molecular complexity index is 1310. The molecule has 212 valence electrons. The maximum Gasteiger partial charge on any atom is 0.408 e. The molecular weight excluding hydrogens is 502 g/mol. The van der Waals surface area contributed by atoms with E-state index in [1.165, 1.54) is 0 Å². The predicted molar refractivity (Wildman–Crippen MR) is 159 cm³/mol. The van der Waals surface area contributed by atoms with Crippen molar-refractivity contribution in [2.45, 2.75) is 78.6 Å². The molecule has 0 heterocycles. The minimum atomic E-state index is -0.960. The fraction of sp³-hybridized carbons (Fsp3) is 0.364. The number of nitrogens with one attached hydrogen (secondary N) is 2. The highest BCUT2D eigenvalue weighted by molar-refractivity contribution is 5.99. The summed E-state index contributed by atoms with van der Waals surface area (Å²) in [5.41, 5.74) is 3.37. The van der Waals surface area contributed by atoms with Crippen LogP contribution in [-0.2, 0) is 20.7 Å². The van der Waals surface area contributed by atoms with Crippen LogP contribution >= 0.6 is 0 Å². The zero-order valence-electron chi connectivity index (χ0n) is 24.5. The van der Waals surface area contributed by atoms with Crippen LogP contribution in [0.15, 0.2) is 78.9 Å². The van der Waals surface area contributed by atoms with Gasteiger partial charge in [-0.15, -0.1) is 0 Å². The third kappa shape index (κ3) is 8.43. The summed E-state index contributed by atoms with van der Waals surface area (Å²) in [6.45, 7) is 12.9. The van der Waals surface area contributed by atoms with E-state index in [0.717, 1.165) is 16.7 Å². The Morgan fingerprint density at radius 1 is 0.875 bits per heavy atom. The van der Waals surface area contributed by atoms with Crippen molar-refractivity contribution in [3.05, 3.63) is 101 Å². The van der Waals surface area contributed by atoms with Gasteiger partial charge in [-0.05, 0) is 71.2 Å². The van der Waals surface area contributed by atoms with Crippen molar-refractivity contribution < 1.29 is 19.1 Å². The van der Waals surface area contributed by atoms with Crippen molar-refractivity contribution in [1.82, 2.24) is 10.2 Å². The molecule has 3 amide bonds. The van der Waals surface area contributed by atoms with Gasteiger partial charge in [0.15, 0.2) is 0 Å². The molecule has 0 fully saturated rings. The van der Waals surface area contributed by atoms with Gasteiger partial charge in [-0.1, -0.05) is 78.4 Å². The summed E-state index contributed by atoms with van der Waals surface area (Å²) < 4.78 is 5.50. The Kier molecular flexibility index (Phi) is 10.1. The van der Waals surface area contributed by atoms with E-state index in [0.29, 0.717) is 11.3 Å². The van der Waals surface area contributed by atoms with Crippen molar-refractivity contribution in [3.8, 4) is 0 Å². The molecule has 0 aliphatic rings. The smallest absolute Gasteiger partial charge is 0.408 e. The lowest BCUT2D eigenvalue weighted by Crippen LogP contribution is -2.55. The third-order valence-electron chi connectivity index (χ3n) is 6.37. The van der Waals surface area contributed by atoms with Gasteiger partial charge in [0.2, 0.25) is 5.91 Å². The standard InChI is InChI=1S/C33H41N3O4/c1-22(2)36(31(38)28(21-25-16-9-8-10-17-25)35-32(39)40-33(5,6)7)29(26-18-13-14-23(3)20-26)30(37)34-27-19-12-11-15-24(27)4/h8-20,22,28-29H,21H2,1-7H3,(H,34,37)(H,35,39). The Morgan fingerprint density at radius 3 is 2.12 bits per heavy atom. The Hall–Kier alpha value is -4.13. The van der Waals surface area contributed by atoms with Crippen molar-refractivity contribution in [2.24, 2.45) is 0 Å². The van der Waals surface area contributed by atoms with Gasteiger partial charge in [0.1, 0.15) is 17.7 Å². The van der Waals surface area contributed by atoms with Gasteiger partial charge >= 0.3 is 6.09 Å². The van der Waals surface area contributed by atoms with E-state index in [-0.39, 0.29) is 24.3 Å². The number of anilines is 1. The predicted octanol–water partition coefficient (Wildman–Crippen LogP) is 6.36. The number of carbonyl (C=O) groups is 3. The molecule has 0 radical (unpaired) electrons. The Morgan fingerprint density at radius 2 is 1.52 bits per heavy atom. The topological polar surface area (TPSA) is 87.7 Å². The van der Waals surface area contributed by atoms with Gasteiger partial charge < -0.3 is 20.3 Å². The monoisotopic (exact) mass is 543 g/mol. The summed E-state index contributed by atoms with van der Waals surface area (Å²) >= 11 is 0. The summed E-state index contributed by atoms with van der Waals surface area (Å²) in [7, 11) is 0. The SMILES string of the molecule is Cc1cccc(C(C(=O)Nc2ccccc2C)N(C(=O)C(Cc2ccccc2)NC(=O)OC(C)(C)C)C(C)C)c1. The van der Waals surface area contributed by atoms with Crippen LogP contribution in [0.4, 0.5) is 10.5 Å². The van der Waals surface area contributed by atoms with E-state index in [4.69, 9.17) is 4.74 Å². The first-order valence-electron chi connectivity index (χ1n) is 13.6. The summed E-state index contributed by atoms with van der Waals surface area (Å²) in [5.74, 6) is -0.714. The summed E-state index contributed by atoms with van der Waals surface area (Å²) in [5, 5.41) is 5.82. The average Bonchev–Trinajstić information content (AvgIpc) is 2.87. The number of hydrogen-bond donors (Lipinski definition) is 2. The average molecular weight is 544 g/mol. The van der Waals surface area contributed by atoms with Gasteiger partial charge in [0.25, 0.3) is 5.91 Å². The highest BCUT2D eigenvalue weighted by Crippen LogP contribution is 2.28. The maximum absolute atomic E-state index is 14.4. The van der Waals surface area contributed by atoms with Crippen LogP contribution < -0.4 is 10.6 Å². The number of amides is 3. The van der Waals surface area contributed by atoms with Gasteiger partial charge in [-0.3, -0.25) is 9.59 Å². The van der Waals surface area contributed by atoms with E-state index >= 15 is 0 Å². The number of aryl methyl sites for hydroxylation is 2. The van der Waals surface area contributed by atoms with Crippen molar-refractivity contribution in [1.29, 1.82) is 0 Å². The zero-order valence-corrected chi connectivity index (χ0v) is 24.5. The number of alkyl carbamates (subject to hydrolysis) is 1. The highest BCUT2D eigenvalue weighted by atomic mass is 16.6. The molecule has 0 aliphatic carbocycles. The summed E-state index contributed by atoms with van der Waals surface area (Å²) in [6.07, 6.45) is -0.454. The molecule has 7 heteroatoms. The van der Waals surface area contributed by atoms with Crippen LogP contribution in [0.3, 0.4) is 0 Å². The lowest BCUT2D eigenvalue weighted by atomic mass is 9.97. The minimum absolute atomic E-state index is 0.238. The molecule has 2 N–H and O–H groups in total. The summed E-state index contributed by atoms with van der Waals surface area (Å²) in [6, 6.07) is 22.3. The number of para-hydroxylation sites is 1. The largest absolute Gasteiger partial charge is 0.444 e. The second kappa shape index (κ2) is 13.3. The fourth-order valence-electron chi connectivity index (χ4n) is 4.55. The van der Waals surface area contributed by atoms with Crippen molar-refractivity contribution in [3.63, 3.8) is 0 Å². The van der Waals surface area contributed by atoms with Crippen LogP contribution in [0.5, 0.6) is 0 Å². The molecule has 0 saturated carbocycles. The van der Waals surface area contributed by atoms with Crippen LogP contribution in [0, 0.1) is 13.8 Å². The number of carbonyl (C=O) groups excluding carboxylic acids is 3. The molecule has 3 rings (SSSR count). The van der Waals surface area contributed by atoms with E-state index in [1.54, 1.807) is 25.7 Å². The maximum atomic E-state index is 14.4. The van der Waals surface area contributed by atoms with E-state index < -0.39 is 23.8 Å². The van der Waals surface area contributed by atoms with E-state index in [2.05, 4.69) is 10.6 Å². The molecule has 2 unspecified atom stereocenters. The molecule has 3 aromatic carbocycles. The third-order valence-corrected chi connectivity index (χ3v) is 6.37. The van der Waals surface area contributed by atoms with Crippen LogP contribution in [0.25, 0.3) is 0 Å². The lowest BCUT2D eigenvalue weighted by molar-refractivity contribution is -0.142. The molecule has 3 aromatic rings. The highest BCUT2D eigenvalue weighted by Gasteiger charge is 2.38. The van der Waals surface area contributed by atoms with Gasteiger partial charge in [-0.2, -0.15) is 0 Å². The molecule has 0 saturated heterocycles. The lowest BCUT2D eigenvalue weighted by Gasteiger charge is -2.37. The fourth-order valence-corrected chi connectivity index (χ4v) is 4.55. The van der Waals surface area contributed by atoms with Crippen LogP contribution in [0.2, 0.25) is 0 Å². The quantitative estimate of drug-likeness (QED) is 0.329. The number of rotatable bonds is 9. The number of benzene rings is 3. The number of nitrogens with zero attached hydrogens (tertiary/aromatic N) is 1. The summed E-state index contributed by atoms with van der Waals surface area (Å²) in [4.78, 5) is 42.8. The normalized spacial score (nSPS) is 12.8. The number of ether oxygens (including phenoxy) is 1. The first kappa shape index (κ1) is 30.4. The van der Waals surface area contributed by atoms with Crippen LogP contribution in [-0.4, -0.2) is 40.5 Å². The van der Waals surface area contributed by atoms with Gasteiger partial charge in [-0.25, -0.2) is 4.79 Å². The molecule has 0 aromatic heterocycles. The second-order valence-corrected chi connectivity index (χ2v) is 11.3. The second-order valence-electron chi connectivity index (χ2n) is 11.3. The molecular formula is C33H41N3O4. The Balaban J connectivity index is 2.05. The Labute approximate surface area is 237 Å². The number of hydrogen-bond acceptors (Lipinski definition) is 4. The first-order chi connectivity index (χ1) is 18.9. The first-order valence-corrected chi connectivity index (χ1v) is 13.6.